The van der Waals surface area contributed by atoms with E-state index in [2.05, 4.69) is 38.6 Å². The van der Waals surface area contributed by atoms with E-state index in [1.54, 1.807) is 18.4 Å². The van der Waals surface area contributed by atoms with Crippen molar-refractivity contribution in [3.8, 4) is 0 Å². The van der Waals surface area contributed by atoms with Gasteiger partial charge in [-0.05, 0) is 25.3 Å². The van der Waals surface area contributed by atoms with E-state index in [0.29, 0.717) is 12.6 Å². The predicted octanol–water partition coefficient (Wildman–Crippen LogP) is 2.60. The lowest BCUT2D eigenvalue weighted by molar-refractivity contribution is 0.205. The number of thiophene rings is 1. The second-order valence-electron chi connectivity index (χ2n) is 4.11. The van der Waals surface area contributed by atoms with Gasteiger partial charge in [-0.3, -0.25) is 0 Å². The number of nitrogens with zero attached hydrogens (tertiary/aromatic N) is 3. The highest BCUT2D eigenvalue weighted by molar-refractivity contribution is 7.16. The normalized spacial score (nSPS) is 10.9. The third kappa shape index (κ3) is 3.13. The van der Waals surface area contributed by atoms with Gasteiger partial charge >= 0.3 is 0 Å². The predicted molar refractivity (Wildman–Crippen MR) is 81.3 cm³/mol. The number of likely N-dealkylation sites (N-methyl/N-ethyl adjacent to an activating group) is 1. The van der Waals surface area contributed by atoms with Crippen molar-refractivity contribution in [1.82, 2.24) is 9.97 Å². The van der Waals surface area contributed by atoms with E-state index in [1.807, 2.05) is 6.92 Å². The fourth-order valence-electron chi connectivity index (χ4n) is 1.93. The third-order valence-electron chi connectivity index (χ3n) is 2.89. The maximum absolute atomic E-state index is 5.17. The third-order valence-corrected chi connectivity index (χ3v) is 3.69. The Morgan fingerprint density at radius 3 is 2.89 bits per heavy atom. The van der Waals surface area contributed by atoms with E-state index in [1.165, 1.54) is 0 Å². The molecule has 0 atom stereocenters. The molecule has 0 bridgehead atoms. The Labute approximate surface area is 117 Å². The van der Waals surface area contributed by atoms with E-state index < -0.39 is 0 Å². The molecule has 5 nitrogen and oxygen atoms in total. The summed E-state index contributed by atoms with van der Waals surface area (Å²) in [7, 11) is 1.72. The number of nitrogens with one attached hydrogen (secondary N) is 1. The quantitative estimate of drug-likeness (QED) is 0.845. The standard InChI is InChI=1S/C13H20N4OS/c1-4-14-13-15-11(17(5-2)7-8-18-3)10-6-9-19-12(10)16-13/h6,9H,4-5,7-8H2,1-3H3,(H,14,15,16). The first kappa shape index (κ1) is 14.0. The van der Waals surface area contributed by atoms with Crippen LogP contribution in [0.3, 0.4) is 0 Å². The number of hydrogen-bond acceptors (Lipinski definition) is 6. The van der Waals surface area contributed by atoms with Crippen molar-refractivity contribution in [2.24, 2.45) is 0 Å². The van der Waals surface area contributed by atoms with E-state index in [0.717, 1.165) is 35.7 Å². The van der Waals surface area contributed by atoms with Gasteiger partial charge in [0.05, 0.1) is 12.0 Å². The Morgan fingerprint density at radius 1 is 1.37 bits per heavy atom. The van der Waals surface area contributed by atoms with Crippen molar-refractivity contribution in [3.05, 3.63) is 11.4 Å². The number of ether oxygens (including phenoxy) is 1. The molecule has 0 amide bonds. The molecule has 0 fully saturated rings. The lowest BCUT2D eigenvalue weighted by Crippen LogP contribution is -2.28. The highest BCUT2D eigenvalue weighted by Gasteiger charge is 2.13. The molecule has 0 radical (unpaired) electrons. The largest absolute Gasteiger partial charge is 0.383 e. The van der Waals surface area contributed by atoms with Gasteiger partial charge in [-0.15, -0.1) is 11.3 Å². The summed E-state index contributed by atoms with van der Waals surface area (Å²) < 4.78 is 5.17. The van der Waals surface area contributed by atoms with Crippen LogP contribution < -0.4 is 10.2 Å². The van der Waals surface area contributed by atoms with Crippen molar-refractivity contribution in [2.75, 3.05) is 43.6 Å². The molecule has 0 aliphatic heterocycles. The second kappa shape index (κ2) is 6.68. The lowest BCUT2D eigenvalue weighted by atomic mass is 10.3. The van der Waals surface area contributed by atoms with Crippen molar-refractivity contribution < 1.29 is 4.74 Å². The molecule has 2 heterocycles. The molecule has 0 aliphatic rings. The van der Waals surface area contributed by atoms with Gasteiger partial charge in [0.2, 0.25) is 5.95 Å². The second-order valence-corrected chi connectivity index (χ2v) is 5.01. The maximum Gasteiger partial charge on any atom is 0.226 e. The summed E-state index contributed by atoms with van der Waals surface area (Å²) in [5, 5.41) is 6.37. The zero-order valence-corrected chi connectivity index (χ0v) is 12.5. The van der Waals surface area contributed by atoms with Crippen LogP contribution in [0.1, 0.15) is 13.8 Å². The van der Waals surface area contributed by atoms with E-state index in [4.69, 9.17) is 4.74 Å². The minimum Gasteiger partial charge on any atom is -0.383 e. The van der Waals surface area contributed by atoms with Gasteiger partial charge in [0.25, 0.3) is 0 Å². The molecule has 1 N–H and O–H groups in total. The van der Waals surface area contributed by atoms with Crippen LogP contribution in [-0.4, -0.2) is 43.3 Å². The van der Waals surface area contributed by atoms with E-state index >= 15 is 0 Å². The summed E-state index contributed by atoms with van der Waals surface area (Å²) >= 11 is 1.64. The lowest BCUT2D eigenvalue weighted by Gasteiger charge is -2.22. The van der Waals surface area contributed by atoms with Gasteiger partial charge in [0.15, 0.2) is 0 Å². The first-order valence-corrected chi connectivity index (χ1v) is 7.41. The first-order valence-electron chi connectivity index (χ1n) is 6.53. The molecule has 19 heavy (non-hydrogen) atoms. The van der Waals surface area contributed by atoms with Crippen LogP contribution in [-0.2, 0) is 4.74 Å². The maximum atomic E-state index is 5.17. The summed E-state index contributed by atoms with van der Waals surface area (Å²) in [4.78, 5) is 12.4. The van der Waals surface area contributed by atoms with E-state index in [-0.39, 0.29) is 0 Å². The average molecular weight is 280 g/mol. The SMILES string of the molecule is CCNc1nc(N(CC)CCOC)c2ccsc2n1. The number of methoxy groups -OCH3 is 1. The molecule has 2 aromatic heterocycles. The topological polar surface area (TPSA) is 50.3 Å². The first-order chi connectivity index (χ1) is 9.30. The number of hydrogen-bond donors (Lipinski definition) is 1. The fraction of sp³-hybridized carbons (Fsp3) is 0.538. The van der Waals surface area contributed by atoms with Gasteiger partial charge in [0.1, 0.15) is 10.6 Å². The minimum atomic E-state index is 0.694. The molecule has 2 rings (SSSR count). The van der Waals surface area contributed by atoms with Crippen LogP contribution in [0.4, 0.5) is 11.8 Å². The number of aromatic nitrogens is 2. The van der Waals surface area contributed by atoms with Crippen molar-refractivity contribution in [1.29, 1.82) is 0 Å². The zero-order chi connectivity index (χ0) is 13.7. The molecule has 0 aromatic carbocycles. The van der Waals surface area contributed by atoms with Crippen LogP contribution in [0.15, 0.2) is 11.4 Å². The van der Waals surface area contributed by atoms with Gasteiger partial charge in [-0.1, -0.05) is 0 Å². The van der Waals surface area contributed by atoms with Gasteiger partial charge in [-0.25, -0.2) is 4.98 Å². The van der Waals surface area contributed by atoms with Gasteiger partial charge in [-0.2, -0.15) is 4.98 Å². The summed E-state index contributed by atoms with van der Waals surface area (Å²) in [5.74, 6) is 1.69. The van der Waals surface area contributed by atoms with Crippen LogP contribution >= 0.6 is 11.3 Å². The highest BCUT2D eigenvalue weighted by atomic mass is 32.1. The van der Waals surface area contributed by atoms with Crippen LogP contribution in [0, 0.1) is 0 Å². The summed E-state index contributed by atoms with van der Waals surface area (Å²) in [6.07, 6.45) is 0. The minimum absolute atomic E-state index is 0.694. The van der Waals surface area contributed by atoms with Crippen molar-refractivity contribution in [2.45, 2.75) is 13.8 Å². The molecule has 0 saturated heterocycles. The summed E-state index contributed by atoms with van der Waals surface area (Å²) in [6.45, 7) is 7.42. The molecular formula is C13H20N4OS. The zero-order valence-electron chi connectivity index (χ0n) is 11.6. The smallest absolute Gasteiger partial charge is 0.226 e. The Hall–Kier alpha value is -1.40. The molecule has 0 spiro atoms. The molecule has 0 unspecified atom stereocenters. The average Bonchev–Trinajstić information content (AvgIpc) is 2.88. The van der Waals surface area contributed by atoms with Gasteiger partial charge < -0.3 is 15.0 Å². The molecule has 6 heteroatoms. The fourth-order valence-corrected chi connectivity index (χ4v) is 2.69. The number of rotatable bonds is 7. The Morgan fingerprint density at radius 2 is 2.21 bits per heavy atom. The Kier molecular flexibility index (Phi) is 4.93. The summed E-state index contributed by atoms with van der Waals surface area (Å²) in [6, 6.07) is 2.08. The number of anilines is 2. The molecular weight excluding hydrogens is 260 g/mol. The molecule has 104 valence electrons. The van der Waals surface area contributed by atoms with Gasteiger partial charge in [0, 0.05) is 26.7 Å². The molecule has 0 aliphatic carbocycles. The van der Waals surface area contributed by atoms with Crippen molar-refractivity contribution >= 4 is 33.3 Å². The van der Waals surface area contributed by atoms with Crippen LogP contribution in [0.5, 0.6) is 0 Å². The molecule has 2 aromatic rings. The number of fused-ring (bicyclic) bond motifs is 1. The van der Waals surface area contributed by atoms with Crippen LogP contribution in [0.2, 0.25) is 0 Å². The molecule has 0 saturated carbocycles. The monoisotopic (exact) mass is 280 g/mol. The van der Waals surface area contributed by atoms with Crippen LogP contribution in [0.25, 0.3) is 10.2 Å². The highest BCUT2D eigenvalue weighted by Crippen LogP contribution is 2.28. The summed E-state index contributed by atoms with van der Waals surface area (Å²) in [5.41, 5.74) is 0. The Bertz CT molecular complexity index is 528. The van der Waals surface area contributed by atoms with E-state index in [9.17, 15) is 0 Å². The van der Waals surface area contributed by atoms with Crippen molar-refractivity contribution in [3.63, 3.8) is 0 Å². The Balaban J connectivity index is 2.40.